The Kier molecular flexibility index (Phi) is 9.87. The van der Waals surface area contributed by atoms with Crippen LogP contribution in [0.3, 0.4) is 0 Å². The van der Waals surface area contributed by atoms with E-state index in [0.717, 1.165) is 32.7 Å². The second kappa shape index (κ2) is 9.96. The molecule has 3 heteroatoms. The molecule has 0 radical (unpaired) electrons. The summed E-state index contributed by atoms with van der Waals surface area (Å²) in [5.41, 5.74) is 0. The van der Waals surface area contributed by atoms with Gasteiger partial charge in [-0.1, -0.05) is 20.3 Å². The molecule has 0 heterocycles. The Morgan fingerprint density at radius 3 is 2.46 bits per heavy atom. The van der Waals surface area contributed by atoms with Gasteiger partial charge in [0.1, 0.15) is 0 Å². The summed E-state index contributed by atoms with van der Waals surface area (Å²) >= 11 is 0. The van der Waals surface area contributed by atoms with Crippen LogP contribution in [0.4, 0.5) is 0 Å². The molecular weight excluding hydrogens is 164 g/mol. The minimum atomic E-state index is 0.274. The first-order chi connectivity index (χ1) is 6.35. The van der Waals surface area contributed by atoms with Gasteiger partial charge in [0.25, 0.3) is 0 Å². The summed E-state index contributed by atoms with van der Waals surface area (Å²) in [7, 11) is 0. The van der Waals surface area contributed by atoms with Crippen LogP contribution in [0.2, 0.25) is 0 Å². The second-order valence-corrected chi connectivity index (χ2v) is 3.27. The number of nitrogens with zero attached hydrogens (tertiary/aromatic N) is 1. The van der Waals surface area contributed by atoms with E-state index in [0.29, 0.717) is 0 Å². The molecule has 0 aromatic carbocycles. The Morgan fingerprint density at radius 2 is 1.92 bits per heavy atom. The summed E-state index contributed by atoms with van der Waals surface area (Å²) < 4.78 is 0. The summed E-state index contributed by atoms with van der Waals surface area (Å²) in [5.74, 6) is 0. The molecule has 13 heavy (non-hydrogen) atoms. The monoisotopic (exact) mass is 188 g/mol. The number of hydrogen-bond donors (Lipinski definition) is 2. The van der Waals surface area contributed by atoms with Crippen LogP contribution in [-0.2, 0) is 0 Å². The minimum absolute atomic E-state index is 0.274. The largest absolute Gasteiger partial charge is 0.395 e. The fraction of sp³-hybridized carbons (Fsp3) is 1.00. The van der Waals surface area contributed by atoms with Gasteiger partial charge in [-0.2, -0.15) is 0 Å². The van der Waals surface area contributed by atoms with Crippen molar-refractivity contribution >= 4 is 0 Å². The lowest BCUT2D eigenvalue weighted by molar-refractivity contribution is 0.194. The number of likely N-dealkylation sites (N-methyl/N-ethyl adjacent to an activating group) is 1. The van der Waals surface area contributed by atoms with Crippen molar-refractivity contribution in [2.45, 2.75) is 26.7 Å². The Balaban J connectivity index is 3.41. The highest BCUT2D eigenvalue weighted by Crippen LogP contribution is 1.93. The molecule has 0 fully saturated rings. The Labute approximate surface area is 82.1 Å². The molecule has 0 atom stereocenters. The molecule has 3 nitrogen and oxygen atoms in total. The van der Waals surface area contributed by atoms with Gasteiger partial charge >= 0.3 is 0 Å². The molecule has 0 spiro atoms. The summed E-state index contributed by atoms with van der Waals surface area (Å²) in [4.78, 5) is 2.31. The van der Waals surface area contributed by atoms with Gasteiger partial charge in [-0.05, 0) is 19.5 Å². The van der Waals surface area contributed by atoms with E-state index in [1.54, 1.807) is 0 Å². The fourth-order valence-electron chi connectivity index (χ4n) is 1.27. The van der Waals surface area contributed by atoms with Crippen molar-refractivity contribution in [2.24, 2.45) is 0 Å². The predicted octanol–water partition coefficient (Wildman–Crippen LogP) is 0.690. The first-order valence-corrected chi connectivity index (χ1v) is 5.39. The Morgan fingerprint density at radius 1 is 1.15 bits per heavy atom. The van der Waals surface area contributed by atoms with Crippen LogP contribution < -0.4 is 5.32 Å². The van der Waals surface area contributed by atoms with Crippen LogP contribution in [0.25, 0.3) is 0 Å². The predicted molar refractivity (Wildman–Crippen MR) is 57.0 cm³/mol. The third-order valence-corrected chi connectivity index (χ3v) is 2.10. The van der Waals surface area contributed by atoms with Crippen LogP contribution in [0, 0.1) is 0 Å². The third-order valence-electron chi connectivity index (χ3n) is 2.10. The highest BCUT2D eigenvalue weighted by Gasteiger charge is 2.01. The van der Waals surface area contributed by atoms with Crippen LogP contribution >= 0.6 is 0 Å². The van der Waals surface area contributed by atoms with Gasteiger partial charge in [0.2, 0.25) is 0 Å². The standard InChI is InChI=1S/C10H24N2O/c1-3-5-7-12(9-10-13)8-6-11-4-2/h11,13H,3-10H2,1-2H3. The topological polar surface area (TPSA) is 35.5 Å². The van der Waals surface area contributed by atoms with Crippen molar-refractivity contribution in [1.29, 1.82) is 0 Å². The summed E-state index contributed by atoms with van der Waals surface area (Å²) in [6.45, 7) is 9.61. The van der Waals surface area contributed by atoms with Crippen molar-refractivity contribution in [3.05, 3.63) is 0 Å². The SMILES string of the molecule is CCCCN(CCO)CCNCC. The lowest BCUT2D eigenvalue weighted by atomic mass is 10.3. The van der Waals surface area contributed by atoms with Crippen molar-refractivity contribution in [2.75, 3.05) is 39.3 Å². The van der Waals surface area contributed by atoms with E-state index < -0.39 is 0 Å². The van der Waals surface area contributed by atoms with Crippen LogP contribution in [-0.4, -0.2) is 49.3 Å². The number of hydrogen-bond acceptors (Lipinski definition) is 3. The second-order valence-electron chi connectivity index (χ2n) is 3.27. The van der Waals surface area contributed by atoms with Crippen LogP contribution in [0.15, 0.2) is 0 Å². The maximum absolute atomic E-state index is 8.83. The molecule has 2 N–H and O–H groups in total. The van der Waals surface area contributed by atoms with E-state index in [4.69, 9.17) is 5.11 Å². The molecule has 0 amide bonds. The maximum Gasteiger partial charge on any atom is 0.0558 e. The molecule has 0 aliphatic carbocycles. The first kappa shape index (κ1) is 12.9. The van der Waals surface area contributed by atoms with Crippen LogP contribution in [0.5, 0.6) is 0 Å². The Bertz CT molecular complexity index is 98.9. The molecule has 0 aliphatic heterocycles. The number of aliphatic hydroxyl groups is 1. The third kappa shape index (κ3) is 8.22. The molecule has 0 rings (SSSR count). The smallest absolute Gasteiger partial charge is 0.0558 e. The lowest BCUT2D eigenvalue weighted by Gasteiger charge is -2.20. The Hall–Kier alpha value is -0.120. The number of aliphatic hydroxyl groups excluding tert-OH is 1. The molecule has 80 valence electrons. The molecule has 0 unspecified atom stereocenters. The van der Waals surface area contributed by atoms with Gasteiger partial charge in [-0.25, -0.2) is 0 Å². The zero-order valence-corrected chi connectivity index (χ0v) is 9.05. The average molecular weight is 188 g/mol. The zero-order valence-electron chi connectivity index (χ0n) is 9.05. The number of rotatable bonds is 9. The summed E-state index contributed by atoms with van der Waals surface area (Å²) in [5, 5.41) is 12.1. The van der Waals surface area contributed by atoms with Gasteiger partial charge in [-0.3, -0.25) is 4.90 Å². The lowest BCUT2D eigenvalue weighted by Crippen LogP contribution is -2.34. The van der Waals surface area contributed by atoms with Crippen LogP contribution in [0.1, 0.15) is 26.7 Å². The quantitative estimate of drug-likeness (QED) is 0.523. The molecule has 0 aromatic heterocycles. The fourth-order valence-corrected chi connectivity index (χ4v) is 1.27. The molecule has 0 saturated heterocycles. The highest BCUT2D eigenvalue weighted by atomic mass is 16.3. The van der Waals surface area contributed by atoms with E-state index in [1.807, 2.05) is 0 Å². The first-order valence-electron chi connectivity index (χ1n) is 5.39. The molecule has 0 aromatic rings. The van der Waals surface area contributed by atoms with Gasteiger partial charge in [0, 0.05) is 19.6 Å². The van der Waals surface area contributed by atoms with Crippen molar-refractivity contribution in [1.82, 2.24) is 10.2 Å². The van der Waals surface area contributed by atoms with E-state index in [-0.39, 0.29) is 6.61 Å². The van der Waals surface area contributed by atoms with Crippen molar-refractivity contribution < 1.29 is 5.11 Å². The van der Waals surface area contributed by atoms with Crippen molar-refractivity contribution in [3.63, 3.8) is 0 Å². The molecule has 0 bridgehead atoms. The number of unbranched alkanes of at least 4 members (excludes halogenated alkanes) is 1. The van der Waals surface area contributed by atoms with E-state index in [1.165, 1.54) is 12.8 Å². The van der Waals surface area contributed by atoms with E-state index in [2.05, 4.69) is 24.1 Å². The van der Waals surface area contributed by atoms with Gasteiger partial charge in [0.15, 0.2) is 0 Å². The van der Waals surface area contributed by atoms with E-state index >= 15 is 0 Å². The maximum atomic E-state index is 8.83. The van der Waals surface area contributed by atoms with E-state index in [9.17, 15) is 0 Å². The zero-order chi connectivity index (χ0) is 9.94. The van der Waals surface area contributed by atoms with Gasteiger partial charge < -0.3 is 10.4 Å². The van der Waals surface area contributed by atoms with Gasteiger partial charge in [0.05, 0.1) is 6.61 Å². The molecular formula is C10H24N2O. The highest BCUT2D eigenvalue weighted by molar-refractivity contribution is 4.58. The van der Waals surface area contributed by atoms with Crippen molar-refractivity contribution in [3.8, 4) is 0 Å². The normalized spacial score (nSPS) is 11.1. The average Bonchev–Trinajstić information content (AvgIpc) is 2.14. The van der Waals surface area contributed by atoms with Gasteiger partial charge in [-0.15, -0.1) is 0 Å². The minimum Gasteiger partial charge on any atom is -0.395 e. The summed E-state index contributed by atoms with van der Waals surface area (Å²) in [6.07, 6.45) is 2.45. The number of nitrogens with one attached hydrogen (secondary N) is 1. The molecule has 0 aliphatic rings. The summed E-state index contributed by atoms with van der Waals surface area (Å²) in [6, 6.07) is 0. The molecule has 0 saturated carbocycles.